The third kappa shape index (κ3) is 2.35. The van der Waals surface area contributed by atoms with E-state index in [-0.39, 0.29) is 0 Å². The van der Waals surface area contributed by atoms with Gasteiger partial charge in [0.05, 0.1) is 11.9 Å². The van der Waals surface area contributed by atoms with Gasteiger partial charge in [-0.25, -0.2) is 0 Å². The first-order valence-electron chi connectivity index (χ1n) is 4.04. The molecule has 1 heterocycles. The van der Waals surface area contributed by atoms with Crippen molar-refractivity contribution < 1.29 is 0 Å². The van der Waals surface area contributed by atoms with Crippen molar-refractivity contribution in [2.75, 3.05) is 6.54 Å². The quantitative estimate of drug-likeness (QED) is 0.638. The van der Waals surface area contributed by atoms with Crippen molar-refractivity contribution in [2.45, 2.75) is 26.8 Å². The Balaban J connectivity index is 2.32. The normalized spacial score (nSPS) is 10.4. The van der Waals surface area contributed by atoms with Crippen LogP contribution in [0.3, 0.4) is 0 Å². The Bertz CT molecular complexity index is 205. The minimum absolute atomic E-state index is 0.902. The largest absolute Gasteiger partial charge is 0.311 e. The third-order valence-electron chi connectivity index (χ3n) is 1.66. The van der Waals surface area contributed by atoms with E-state index in [4.69, 9.17) is 0 Å². The molecule has 0 saturated carbocycles. The molecule has 1 rings (SSSR count). The number of aromatic nitrogens is 2. The van der Waals surface area contributed by atoms with Gasteiger partial charge in [-0.2, -0.15) is 5.10 Å². The van der Waals surface area contributed by atoms with Gasteiger partial charge >= 0.3 is 0 Å². The average Bonchev–Trinajstić information content (AvgIpc) is 2.37. The molecule has 3 nitrogen and oxygen atoms in total. The molecule has 0 aliphatic rings. The lowest BCUT2D eigenvalue weighted by Gasteiger charge is -2.00. The van der Waals surface area contributed by atoms with E-state index in [9.17, 15) is 0 Å². The fourth-order valence-electron chi connectivity index (χ4n) is 0.942. The minimum atomic E-state index is 0.902. The first kappa shape index (κ1) is 8.27. The summed E-state index contributed by atoms with van der Waals surface area (Å²) < 4.78 is 0. The van der Waals surface area contributed by atoms with Gasteiger partial charge in [-0.15, -0.1) is 0 Å². The van der Waals surface area contributed by atoms with Gasteiger partial charge in [-0.3, -0.25) is 5.10 Å². The zero-order valence-electron chi connectivity index (χ0n) is 7.15. The van der Waals surface area contributed by atoms with Crippen molar-refractivity contribution in [3.05, 3.63) is 17.5 Å². The van der Waals surface area contributed by atoms with Crippen molar-refractivity contribution in [1.29, 1.82) is 0 Å². The Morgan fingerprint density at radius 3 is 3.00 bits per heavy atom. The second kappa shape index (κ2) is 4.13. The van der Waals surface area contributed by atoms with Crippen LogP contribution in [0.2, 0.25) is 0 Å². The van der Waals surface area contributed by atoms with E-state index in [1.54, 1.807) is 0 Å². The monoisotopic (exact) mass is 153 g/mol. The highest BCUT2D eigenvalue weighted by molar-refractivity contribution is 5.13. The molecule has 0 amide bonds. The predicted molar refractivity (Wildman–Crippen MR) is 45.3 cm³/mol. The van der Waals surface area contributed by atoms with Crippen molar-refractivity contribution in [2.24, 2.45) is 0 Å². The smallest absolute Gasteiger partial charge is 0.0519 e. The number of hydrogen-bond acceptors (Lipinski definition) is 2. The average molecular weight is 153 g/mol. The van der Waals surface area contributed by atoms with E-state index < -0.39 is 0 Å². The molecular formula is C8H15N3. The summed E-state index contributed by atoms with van der Waals surface area (Å²) in [7, 11) is 0. The van der Waals surface area contributed by atoms with Gasteiger partial charge in [0.25, 0.3) is 0 Å². The van der Waals surface area contributed by atoms with E-state index in [0.29, 0.717) is 0 Å². The summed E-state index contributed by atoms with van der Waals surface area (Å²) in [4.78, 5) is 0. The van der Waals surface area contributed by atoms with E-state index in [2.05, 4.69) is 29.4 Å². The molecule has 62 valence electrons. The van der Waals surface area contributed by atoms with E-state index in [1.807, 2.05) is 6.20 Å². The number of hydrogen-bond donors (Lipinski definition) is 2. The van der Waals surface area contributed by atoms with Gasteiger partial charge in [0.15, 0.2) is 0 Å². The Hall–Kier alpha value is -0.830. The van der Waals surface area contributed by atoms with E-state index >= 15 is 0 Å². The molecule has 1 aromatic heterocycles. The zero-order valence-corrected chi connectivity index (χ0v) is 7.15. The van der Waals surface area contributed by atoms with Crippen LogP contribution >= 0.6 is 0 Å². The van der Waals surface area contributed by atoms with Crippen molar-refractivity contribution in [1.82, 2.24) is 15.5 Å². The van der Waals surface area contributed by atoms with Crippen LogP contribution in [0.1, 0.15) is 24.6 Å². The fourth-order valence-corrected chi connectivity index (χ4v) is 0.942. The highest BCUT2D eigenvalue weighted by Crippen LogP contribution is 2.00. The van der Waals surface area contributed by atoms with Crippen LogP contribution < -0.4 is 5.32 Å². The highest BCUT2D eigenvalue weighted by atomic mass is 15.1. The summed E-state index contributed by atoms with van der Waals surface area (Å²) in [5.74, 6) is 0. The van der Waals surface area contributed by atoms with Crippen molar-refractivity contribution in [3.8, 4) is 0 Å². The number of nitrogens with zero attached hydrogens (tertiary/aromatic N) is 1. The Labute approximate surface area is 67.2 Å². The standard InChI is InChI=1S/C8H15N3/c1-3-4-9-6-8-7(2)5-10-11-8/h5,9H,3-4,6H2,1-2H3,(H,10,11). The van der Waals surface area contributed by atoms with Gasteiger partial charge < -0.3 is 5.32 Å². The predicted octanol–water partition coefficient (Wildman–Crippen LogP) is 1.22. The number of rotatable bonds is 4. The number of aromatic amines is 1. The van der Waals surface area contributed by atoms with Crippen LogP contribution in [0.4, 0.5) is 0 Å². The molecule has 2 N–H and O–H groups in total. The molecule has 3 heteroatoms. The second-order valence-corrected chi connectivity index (χ2v) is 2.71. The Morgan fingerprint density at radius 2 is 2.45 bits per heavy atom. The SMILES string of the molecule is CCCNCc1[nH]ncc1C. The molecule has 0 saturated heterocycles. The van der Waals surface area contributed by atoms with Gasteiger partial charge in [-0.1, -0.05) is 6.92 Å². The second-order valence-electron chi connectivity index (χ2n) is 2.71. The van der Waals surface area contributed by atoms with Crippen LogP contribution in [-0.2, 0) is 6.54 Å². The molecule has 0 bridgehead atoms. The summed E-state index contributed by atoms with van der Waals surface area (Å²) in [5, 5.41) is 10.2. The third-order valence-corrected chi connectivity index (χ3v) is 1.66. The lowest BCUT2D eigenvalue weighted by atomic mass is 10.3. The summed E-state index contributed by atoms with van der Waals surface area (Å²) in [6.45, 7) is 6.19. The number of H-pyrrole nitrogens is 1. The lowest BCUT2D eigenvalue weighted by molar-refractivity contribution is 0.660. The molecule has 0 atom stereocenters. The molecule has 0 fully saturated rings. The van der Waals surface area contributed by atoms with Gasteiger partial charge in [0.1, 0.15) is 0 Å². The molecule has 0 unspecified atom stereocenters. The van der Waals surface area contributed by atoms with Crippen LogP contribution in [-0.4, -0.2) is 16.7 Å². The summed E-state index contributed by atoms with van der Waals surface area (Å²) >= 11 is 0. The van der Waals surface area contributed by atoms with E-state index in [1.165, 1.54) is 17.7 Å². The van der Waals surface area contributed by atoms with Crippen LogP contribution in [0, 0.1) is 6.92 Å². The summed E-state index contributed by atoms with van der Waals surface area (Å²) in [6.07, 6.45) is 3.02. The maximum atomic E-state index is 3.94. The molecular weight excluding hydrogens is 138 g/mol. The van der Waals surface area contributed by atoms with Crippen molar-refractivity contribution in [3.63, 3.8) is 0 Å². The van der Waals surface area contributed by atoms with Crippen LogP contribution in [0.25, 0.3) is 0 Å². The lowest BCUT2D eigenvalue weighted by Crippen LogP contribution is -2.14. The maximum Gasteiger partial charge on any atom is 0.0519 e. The van der Waals surface area contributed by atoms with Crippen molar-refractivity contribution >= 4 is 0 Å². The van der Waals surface area contributed by atoms with E-state index in [0.717, 1.165) is 13.1 Å². The van der Waals surface area contributed by atoms with Gasteiger partial charge in [0.2, 0.25) is 0 Å². The van der Waals surface area contributed by atoms with Crippen LogP contribution in [0.5, 0.6) is 0 Å². The molecule has 1 aromatic rings. The topological polar surface area (TPSA) is 40.7 Å². The van der Waals surface area contributed by atoms with Gasteiger partial charge in [-0.05, 0) is 25.5 Å². The number of aryl methyl sites for hydroxylation is 1. The highest BCUT2D eigenvalue weighted by Gasteiger charge is 1.97. The van der Waals surface area contributed by atoms with Crippen LogP contribution in [0.15, 0.2) is 6.20 Å². The molecule has 0 spiro atoms. The Kier molecular flexibility index (Phi) is 3.11. The maximum absolute atomic E-state index is 3.94. The first-order valence-corrected chi connectivity index (χ1v) is 4.04. The summed E-state index contributed by atoms with van der Waals surface area (Å²) in [6, 6.07) is 0. The molecule has 11 heavy (non-hydrogen) atoms. The van der Waals surface area contributed by atoms with Gasteiger partial charge in [0, 0.05) is 6.54 Å². The molecule has 0 aliphatic heterocycles. The Morgan fingerprint density at radius 1 is 1.64 bits per heavy atom. The molecule has 0 radical (unpaired) electrons. The fraction of sp³-hybridized carbons (Fsp3) is 0.625. The molecule has 0 aliphatic carbocycles. The molecule has 0 aromatic carbocycles. The minimum Gasteiger partial charge on any atom is -0.311 e. The first-order chi connectivity index (χ1) is 5.34. The summed E-state index contributed by atoms with van der Waals surface area (Å²) in [5.41, 5.74) is 2.42. The zero-order chi connectivity index (χ0) is 8.10. The number of nitrogens with one attached hydrogen (secondary N) is 2.